The van der Waals surface area contributed by atoms with Gasteiger partial charge in [0.05, 0.1) is 0 Å². The Balaban J connectivity index is 0.00000272. The molecule has 0 atom stereocenters. The van der Waals surface area contributed by atoms with Gasteiger partial charge in [0.2, 0.25) is 0 Å². The van der Waals surface area contributed by atoms with Crippen LogP contribution in [0.15, 0.2) is 109 Å². The Morgan fingerprint density at radius 2 is 1.32 bits per heavy atom. The van der Waals surface area contributed by atoms with Crippen LogP contribution in [0.3, 0.4) is 0 Å². The third-order valence-corrected chi connectivity index (χ3v) is 5.02. The fourth-order valence-electron chi connectivity index (χ4n) is 3.51. The van der Waals surface area contributed by atoms with E-state index in [-0.39, 0.29) is 24.0 Å². The smallest absolute Gasteiger partial charge is 0.172 e. The first kappa shape index (κ1) is 22.8. The number of aryl methyl sites for hydroxylation is 2. The predicted molar refractivity (Wildman–Crippen MR) is 122 cm³/mol. The Hall–Kier alpha value is -2.86. The van der Waals surface area contributed by atoms with Crippen LogP contribution in [0.25, 0.3) is 0 Å². The van der Waals surface area contributed by atoms with Crippen molar-refractivity contribution in [3.8, 4) is 11.5 Å². The number of aromatic nitrogens is 1. The number of hydrogen-bond acceptors (Lipinski definition) is 2. The van der Waals surface area contributed by atoms with Crippen molar-refractivity contribution in [3.05, 3.63) is 115 Å². The van der Waals surface area contributed by atoms with Crippen LogP contribution in [-0.4, -0.2) is 6.54 Å². The highest BCUT2D eigenvalue weighted by molar-refractivity contribution is 5.62. The number of rotatable bonds is 8. The first-order valence-corrected chi connectivity index (χ1v) is 10.4. The molecule has 3 nitrogen and oxygen atoms in total. The van der Waals surface area contributed by atoms with Crippen LogP contribution < -0.4 is 38.2 Å². The highest BCUT2D eigenvalue weighted by Crippen LogP contribution is 2.25. The van der Waals surface area contributed by atoms with Gasteiger partial charge in [-0.1, -0.05) is 48.5 Å². The van der Waals surface area contributed by atoms with Crippen LogP contribution in [0.2, 0.25) is 0 Å². The summed E-state index contributed by atoms with van der Waals surface area (Å²) in [5, 5.41) is 0. The zero-order valence-electron chi connectivity index (χ0n) is 17.7. The number of nitrogens with zero attached hydrogens (tertiary/aromatic N) is 2. The van der Waals surface area contributed by atoms with E-state index in [0.29, 0.717) is 0 Å². The van der Waals surface area contributed by atoms with Crippen molar-refractivity contribution < 1.29 is 33.3 Å². The average Bonchev–Trinajstić information content (AvgIpc) is 2.79. The highest BCUT2D eigenvalue weighted by Gasteiger charge is 2.10. The van der Waals surface area contributed by atoms with Gasteiger partial charge in [-0.05, 0) is 48.9 Å². The van der Waals surface area contributed by atoms with Crippen molar-refractivity contribution in [3.63, 3.8) is 0 Å². The lowest BCUT2D eigenvalue weighted by molar-refractivity contribution is -0.697. The molecule has 0 saturated carbocycles. The Morgan fingerprint density at radius 1 is 0.710 bits per heavy atom. The summed E-state index contributed by atoms with van der Waals surface area (Å²) in [4.78, 5) is 2.37. The van der Waals surface area contributed by atoms with Crippen molar-refractivity contribution in [2.75, 3.05) is 11.4 Å². The number of ether oxygens (including phenoxy) is 1. The topological polar surface area (TPSA) is 16.4 Å². The number of halogens is 1. The standard InChI is InChI=1S/C27H27N2O.HI/c1-23-10-8-15-27(22-23)30-26-16-20-28(21-17-26)18-9-19-29(24-11-4-2-5-12-24)25-13-6-3-7-14-25;/h2-8,10-17,20-22H,9,18-19H2,1H3;1H/q+1;/p-1. The second-order valence-corrected chi connectivity index (χ2v) is 7.37. The number of pyridine rings is 1. The lowest BCUT2D eigenvalue weighted by Gasteiger charge is -2.24. The van der Waals surface area contributed by atoms with Crippen molar-refractivity contribution in [1.82, 2.24) is 0 Å². The molecular weight excluding hydrogens is 495 g/mol. The molecule has 1 aromatic heterocycles. The van der Waals surface area contributed by atoms with Gasteiger partial charge in [0.1, 0.15) is 18.0 Å². The second-order valence-electron chi connectivity index (χ2n) is 7.37. The van der Waals surface area contributed by atoms with Gasteiger partial charge in [-0.2, -0.15) is 0 Å². The number of hydrogen-bond donors (Lipinski definition) is 0. The Kier molecular flexibility index (Phi) is 8.47. The maximum Gasteiger partial charge on any atom is 0.172 e. The van der Waals surface area contributed by atoms with Crippen molar-refractivity contribution >= 4 is 11.4 Å². The summed E-state index contributed by atoms with van der Waals surface area (Å²) >= 11 is 0. The summed E-state index contributed by atoms with van der Waals surface area (Å²) < 4.78 is 8.16. The molecule has 0 aliphatic rings. The molecule has 0 amide bonds. The van der Waals surface area contributed by atoms with Crippen LogP contribution in [-0.2, 0) is 6.54 Å². The Morgan fingerprint density at radius 3 is 1.90 bits per heavy atom. The van der Waals surface area contributed by atoms with E-state index in [1.807, 2.05) is 30.3 Å². The van der Waals surface area contributed by atoms with Crippen LogP contribution in [0, 0.1) is 6.92 Å². The molecular formula is C27H27IN2O. The van der Waals surface area contributed by atoms with Gasteiger partial charge < -0.3 is 33.6 Å². The maximum absolute atomic E-state index is 5.95. The number of benzene rings is 3. The first-order valence-electron chi connectivity index (χ1n) is 10.4. The quantitative estimate of drug-likeness (QED) is 0.261. The molecule has 1 heterocycles. The van der Waals surface area contributed by atoms with Crippen LogP contribution in [0.4, 0.5) is 11.4 Å². The summed E-state index contributed by atoms with van der Waals surface area (Å²) in [6, 6.07) is 33.3. The predicted octanol–water partition coefficient (Wildman–Crippen LogP) is 3.31. The second kappa shape index (κ2) is 11.5. The average molecular weight is 522 g/mol. The molecule has 0 saturated heterocycles. The van der Waals surface area contributed by atoms with Crippen LogP contribution in [0.1, 0.15) is 12.0 Å². The molecule has 4 aromatic rings. The summed E-state index contributed by atoms with van der Waals surface area (Å²) in [5.74, 6) is 1.72. The zero-order valence-corrected chi connectivity index (χ0v) is 19.9. The molecule has 0 radical (unpaired) electrons. The lowest BCUT2D eigenvalue weighted by Crippen LogP contribution is -3.00. The molecule has 31 heavy (non-hydrogen) atoms. The molecule has 0 spiro atoms. The molecule has 0 unspecified atom stereocenters. The summed E-state index contributed by atoms with van der Waals surface area (Å²) in [6.07, 6.45) is 5.20. The fourth-order valence-corrected chi connectivity index (χ4v) is 3.51. The largest absolute Gasteiger partial charge is 1.00 e. The number of anilines is 2. The van der Waals surface area contributed by atoms with Gasteiger partial charge in [0, 0.05) is 36.5 Å². The van der Waals surface area contributed by atoms with Crippen molar-refractivity contribution in [1.29, 1.82) is 0 Å². The van der Waals surface area contributed by atoms with Gasteiger partial charge in [0.15, 0.2) is 12.4 Å². The van der Waals surface area contributed by atoms with Gasteiger partial charge in [-0.25, -0.2) is 4.57 Å². The molecule has 4 heteroatoms. The van der Waals surface area contributed by atoms with Gasteiger partial charge in [-0.15, -0.1) is 0 Å². The minimum Gasteiger partial charge on any atom is -1.00 e. The third-order valence-electron chi connectivity index (χ3n) is 5.02. The van der Waals surface area contributed by atoms with Crippen LogP contribution >= 0.6 is 0 Å². The monoisotopic (exact) mass is 522 g/mol. The van der Waals surface area contributed by atoms with Gasteiger partial charge in [-0.3, -0.25) is 0 Å². The summed E-state index contributed by atoms with van der Waals surface area (Å²) in [5.41, 5.74) is 3.63. The Labute approximate surface area is 202 Å². The molecule has 158 valence electrons. The van der Waals surface area contributed by atoms with Crippen molar-refractivity contribution in [2.24, 2.45) is 0 Å². The van der Waals surface area contributed by atoms with E-state index in [1.54, 1.807) is 0 Å². The molecule has 0 fully saturated rings. The minimum atomic E-state index is 0. The van der Waals surface area contributed by atoms with E-state index < -0.39 is 0 Å². The SMILES string of the molecule is Cc1cccc(Oc2cc[n+](CCCN(c3ccccc3)c3ccccc3)cc2)c1.[I-]. The fraction of sp³-hybridized carbons (Fsp3) is 0.148. The third kappa shape index (κ3) is 6.56. The summed E-state index contributed by atoms with van der Waals surface area (Å²) in [6.45, 7) is 3.96. The van der Waals surface area contributed by atoms with E-state index in [9.17, 15) is 0 Å². The maximum atomic E-state index is 5.95. The van der Waals surface area contributed by atoms with Gasteiger partial charge in [0.25, 0.3) is 0 Å². The van der Waals surface area contributed by atoms with E-state index in [1.165, 1.54) is 16.9 Å². The van der Waals surface area contributed by atoms with E-state index in [0.717, 1.165) is 31.0 Å². The first-order chi connectivity index (χ1) is 14.8. The van der Waals surface area contributed by atoms with E-state index >= 15 is 0 Å². The minimum absolute atomic E-state index is 0. The molecule has 0 aliphatic carbocycles. The molecule has 4 rings (SSSR count). The van der Waals surface area contributed by atoms with Gasteiger partial charge >= 0.3 is 0 Å². The molecule has 0 bridgehead atoms. The van der Waals surface area contributed by atoms with E-state index in [4.69, 9.17) is 4.74 Å². The summed E-state index contributed by atoms with van der Waals surface area (Å²) in [7, 11) is 0. The Bertz CT molecular complexity index is 1010. The zero-order chi connectivity index (χ0) is 20.6. The molecule has 0 aliphatic heterocycles. The molecule has 3 aromatic carbocycles. The van der Waals surface area contributed by atoms with Crippen LogP contribution in [0.5, 0.6) is 11.5 Å². The molecule has 0 N–H and O–H groups in total. The number of para-hydroxylation sites is 2. The van der Waals surface area contributed by atoms with E-state index in [2.05, 4.69) is 95.5 Å². The normalized spacial score (nSPS) is 10.2. The lowest BCUT2D eigenvalue weighted by atomic mass is 10.2. The highest BCUT2D eigenvalue weighted by atomic mass is 127. The van der Waals surface area contributed by atoms with Crippen molar-refractivity contribution in [2.45, 2.75) is 19.9 Å².